The molecule has 4 heteroatoms. The summed E-state index contributed by atoms with van der Waals surface area (Å²) in [7, 11) is 0. The average Bonchev–Trinajstić information content (AvgIpc) is 3.05. The largest absolute Gasteiger partial charge is 0.333 e. The highest BCUT2D eigenvalue weighted by atomic mass is 35.5. The lowest BCUT2D eigenvalue weighted by Crippen LogP contribution is -2.40. The van der Waals surface area contributed by atoms with Crippen LogP contribution in [0.3, 0.4) is 0 Å². The van der Waals surface area contributed by atoms with Gasteiger partial charge in [0.15, 0.2) is 0 Å². The number of benzene rings is 1. The first kappa shape index (κ1) is 14.3. The van der Waals surface area contributed by atoms with E-state index in [1.165, 1.54) is 12.8 Å². The zero-order valence-corrected chi connectivity index (χ0v) is 12.7. The quantitative estimate of drug-likeness (QED) is 0.804. The Morgan fingerprint density at radius 3 is 2.76 bits per heavy atom. The van der Waals surface area contributed by atoms with Gasteiger partial charge in [-0.05, 0) is 24.3 Å². The zero-order valence-electron chi connectivity index (χ0n) is 12.0. The molecule has 1 saturated carbocycles. The summed E-state index contributed by atoms with van der Waals surface area (Å²) in [5.74, 6) is 0.479. The molecular formula is C17H19ClN2O. The van der Waals surface area contributed by atoms with Crippen molar-refractivity contribution in [3.05, 3.63) is 42.2 Å². The fraction of sp³-hybridized carbons (Fsp3) is 0.412. The van der Waals surface area contributed by atoms with E-state index < -0.39 is 0 Å². The number of hydrogen-bond donors (Lipinski definition) is 0. The molecule has 1 aliphatic rings. The third kappa shape index (κ3) is 2.88. The normalized spacial score (nSPS) is 15.5. The number of alkyl halides is 1. The number of hydrogen-bond acceptors (Lipinski definition) is 2. The van der Waals surface area contributed by atoms with E-state index in [-0.39, 0.29) is 5.91 Å². The minimum Gasteiger partial charge on any atom is -0.333 e. The van der Waals surface area contributed by atoms with Crippen molar-refractivity contribution in [3.8, 4) is 0 Å². The van der Waals surface area contributed by atoms with Crippen LogP contribution in [0, 0.1) is 0 Å². The fourth-order valence-electron chi connectivity index (χ4n) is 3.18. The maximum absolute atomic E-state index is 12.9. The van der Waals surface area contributed by atoms with Crippen molar-refractivity contribution in [2.75, 3.05) is 12.4 Å². The van der Waals surface area contributed by atoms with Gasteiger partial charge in [0.1, 0.15) is 5.69 Å². The SMILES string of the molecule is O=C(c1nccc2ccccc12)N(CCCl)C1CCCC1. The van der Waals surface area contributed by atoms with Gasteiger partial charge in [0, 0.05) is 30.0 Å². The van der Waals surface area contributed by atoms with Crippen molar-refractivity contribution in [2.24, 2.45) is 0 Å². The lowest BCUT2D eigenvalue weighted by atomic mass is 10.1. The monoisotopic (exact) mass is 302 g/mol. The van der Waals surface area contributed by atoms with E-state index >= 15 is 0 Å². The Kier molecular flexibility index (Phi) is 4.39. The molecule has 1 fully saturated rings. The number of rotatable bonds is 4. The molecule has 2 aromatic rings. The van der Waals surface area contributed by atoms with Crippen LogP contribution in [0.1, 0.15) is 36.2 Å². The first-order valence-electron chi connectivity index (χ1n) is 7.52. The molecule has 1 aromatic carbocycles. The number of amides is 1. The first-order chi connectivity index (χ1) is 10.3. The Labute approximate surface area is 129 Å². The Hall–Kier alpha value is -1.61. The van der Waals surface area contributed by atoms with Gasteiger partial charge in [-0.1, -0.05) is 37.1 Å². The molecule has 21 heavy (non-hydrogen) atoms. The zero-order chi connectivity index (χ0) is 14.7. The van der Waals surface area contributed by atoms with E-state index in [1.54, 1.807) is 6.20 Å². The van der Waals surface area contributed by atoms with Crippen LogP contribution in [0.25, 0.3) is 10.8 Å². The standard InChI is InChI=1S/C17H19ClN2O/c18-10-12-20(14-6-2-3-7-14)17(21)16-15-8-4-1-5-13(15)9-11-19-16/h1,4-5,8-9,11,14H,2-3,6-7,10,12H2. The summed E-state index contributed by atoms with van der Waals surface area (Å²) in [6.45, 7) is 0.593. The molecule has 3 nitrogen and oxygen atoms in total. The Balaban J connectivity index is 1.97. The molecule has 0 spiro atoms. The van der Waals surface area contributed by atoms with Crippen LogP contribution in [-0.4, -0.2) is 34.3 Å². The van der Waals surface area contributed by atoms with Gasteiger partial charge in [-0.15, -0.1) is 11.6 Å². The summed E-state index contributed by atoms with van der Waals surface area (Å²) in [6, 6.07) is 10.1. The third-order valence-corrected chi connectivity index (χ3v) is 4.40. The van der Waals surface area contributed by atoms with E-state index in [0.29, 0.717) is 24.2 Å². The summed E-state index contributed by atoms with van der Waals surface area (Å²) in [5, 5.41) is 1.97. The van der Waals surface area contributed by atoms with Crippen LogP contribution in [0.2, 0.25) is 0 Å². The number of fused-ring (bicyclic) bond motifs is 1. The molecular weight excluding hydrogens is 284 g/mol. The van der Waals surface area contributed by atoms with Crippen molar-refractivity contribution >= 4 is 28.3 Å². The number of carbonyl (C=O) groups is 1. The second-order valence-electron chi connectivity index (χ2n) is 5.51. The number of carbonyl (C=O) groups excluding carboxylic acids is 1. The first-order valence-corrected chi connectivity index (χ1v) is 8.05. The Morgan fingerprint density at radius 2 is 2.00 bits per heavy atom. The molecule has 0 bridgehead atoms. The van der Waals surface area contributed by atoms with Crippen molar-refractivity contribution in [2.45, 2.75) is 31.7 Å². The number of aromatic nitrogens is 1. The second kappa shape index (κ2) is 6.44. The number of halogens is 1. The van der Waals surface area contributed by atoms with E-state index in [4.69, 9.17) is 11.6 Å². The lowest BCUT2D eigenvalue weighted by molar-refractivity contribution is 0.0691. The van der Waals surface area contributed by atoms with Gasteiger partial charge in [0.05, 0.1) is 0 Å². The number of nitrogens with zero attached hydrogens (tertiary/aromatic N) is 2. The van der Waals surface area contributed by atoms with Gasteiger partial charge in [-0.25, -0.2) is 0 Å². The molecule has 0 unspecified atom stereocenters. The van der Waals surface area contributed by atoms with E-state index in [2.05, 4.69) is 4.98 Å². The summed E-state index contributed by atoms with van der Waals surface area (Å²) in [4.78, 5) is 19.2. The maximum Gasteiger partial charge on any atom is 0.273 e. The van der Waals surface area contributed by atoms with Crippen LogP contribution in [-0.2, 0) is 0 Å². The third-order valence-electron chi connectivity index (χ3n) is 4.23. The van der Waals surface area contributed by atoms with E-state index in [1.807, 2.05) is 35.2 Å². The predicted molar refractivity (Wildman–Crippen MR) is 85.8 cm³/mol. The molecule has 1 aliphatic carbocycles. The lowest BCUT2D eigenvalue weighted by Gasteiger charge is -2.28. The molecule has 110 valence electrons. The van der Waals surface area contributed by atoms with Crippen LogP contribution < -0.4 is 0 Å². The summed E-state index contributed by atoms with van der Waals surface area (Å²) in [5.41, 5.74) is 0.546. The van der Waals surface area contributed by atoms with E-state index in [0.717, 1.165) is 23.6 Å². The highest BCUT2D eigenvalue weighted by molar-refractivity contribution is 6.18. The summed E-state index contributed by atoms with van der Waals surface area (Å²) >= 11 is 5.91. The molecule has 0 N–H and O–H groups in total. The fourth-order valence-corrected chi connectivity index (χ4v) is 3.37. The topological polar surface area (TPSA) is 33.2 Å². The molecule has 3 rings (SSSR count). The molecule has 0 atom stereocenters. The molecule has 0 saturated heterocycles. The highest BCUT2D eigenvalue weighted by Crippen LogP contribution is 2.26. The van der Waals surface area contributed by atoms with Crippen LogP contribution in [0.15, 0.2) is 36.5 Å². The minimum absolute atomic E-state index is 0.0133. The van der Waals surface area contributed by atoms with Gasteiger partial charge >= 0.3 is 0 Å². The van der Waals surface area contributed by atoms with Gasteiger partial charge in [-0.2, -0.15) is 0 Å². The molecule has 1 aromatic heterocycles. The molecule has 1 heterocycles. The Bertz CT molecular complexity index is 632. The van der Waals surface area contributed by atoms with Crippen molar-refractivity contribution in [3.63, 3.8) is 0 Å². The average molecular weight is 303 g/mol. The van der Waals surface area contributed by atoms with Crippen LogP contribution >= 0.6 is 11.6 Å². The van der Waals surface area contributed by atoms with Gasteiger partial charge in [0.25, 0.3) is 5.91 Å². The molecule has 1 amide bonds. The maximum atomic E-state index is 12.9. The van der Waals surface area contributed by atoms with Crippen molar-refractivity contribution in [1.82, 2.24) is 9.88 Å². The molecule has 0 radical (unpaired) electrons. The Morgan fingerprint density at radius 1 is 1.24 bits per heavy atom. The molecule has 0 aliphatic heterocycles. The second-order valence-corrected chi connectivity index (χ2v) is 5.88. The summed E-state index contributed by atoms with van der Waals surface area (Å²) in [6.07, 6.45) is 6.25. The van der Waals surface area contributed by atoms with Gasteiger partial charge in [-0.3, -0.25) is 9.78 Å². The van der Waals surface area contributed by atoms with Gasteiger partial charge < -0.3 is 4.90 Å². The van der Waals surface area contributed by atoms with E-state index in [9.17, 15) is 4.79 Å². The highest BCUT2D eigenvalue weighted by Gasteiger charge is 2.28. The predicted octanol–water partition coefficient (Wildman–Crippen LogP) is 3.86. The van der Waals surface area contributed by atoms with Gasteiger partial charge in [0.2, 0.25) is 0 Å². The smallest absolute Gasteiger partial charge is 0.273 e. The number of pyridine rings is 1. The van der Waals surface area contributed by atoms with Crippen LogP contribution in [0.4, 0.5) is 0 Å². The van der Waals surface area contributed by atoms with Crippen molar-refractivity contribution in [1.29, 1.82) is 0 Å². The minimum atomic E-state index is 0.0133. The van der Waals surface area contributed by atoms with Crippen molar-refractivity contribution < 1.29 is 4.79 Å². The summed E-state index contributed by atoms with van der Waals surface area (Å²) < 4.78 is 0. The van der Waals surface area contributed by atoms with Crippen LogP contribution in [0.5, 0.6) is 0 Å².